The van der Waals surface area contributed by atoms with Gasteiger partial charge in [-0.1, -0.05) is 18.2 Å². The second kappa shape index (κ2) is 9.76. The number of amides is 1. The fourth-order valence-corrected chi connectivity index (χ4v) is 7.13. The average Bonchev–Trinajstić information content (AvgIpc) is 3.54. The molecular weight excluding hydrogens is 479 g/mol. The van der Waals surface area contributed by atoms with Gasteiger partial charge in [-0.3, -0.25) is 14.0 Å². The van der Waals surface area contributed by atoms with Crippen LogP contribution in [-0.2, 0) is 14.0 Å². The number of aromatic nitrogens is 4. The quantitative estimate of drug-likeness (QED) is 0.447. The van der Waals surface area contributed by atoms with Gasteiger partial charge >= 0.3 is 0 Å². The van der Waals surface area contributed by atoms with Crippen LogP contribution in [0.2, 0.25) is 0 Å². The van der Waals surface area contributed by atoms with Gasteiger partial charge in [0.1, 0.15) is 32.4 Å². The van der Waals surface area contributed by atoms with Crippen molar-refractivity contribution in [2.24, 2.45) is 0 Å². The number of anilines is 1. The van der Waals surface area contributed by atoms with Crippen molar-refractivity contribution in [3.8, 4) is 0 Å². The molecule has 11 heteroatoms. The van der Waals surface area contributed by atoms with E-state index >= 15 is 0 Å². The summed E-state index contributed by atoms with van der Waals surface area (Å²) in [5.41, 5.74) is 0.588. The molecule has 2 aliphatic rings. The Kier molecular flexibility index (Phi) is 6.47. The highest BCUT2D eigenvalue weighted by molar-refractivity contribution is 7.49. The lowest BCUT2D eigenvalue weighted by Crippen LogP contribution is -2.40. The smallest absolute Gasteiger partial charge is 0.256 e. The Hall–Kier alpha value is -2.49. The molecule has 5 rings (SSSR count). The van der Waals surface area contributed by atoms with Crippen LogP contribution < -0.4 is 5.32 Å². The standard InChI is InChI=1S/C25H33N6O4P/c1-15(2)31(16(3)4)36(6)35-20-19-24(34-25(20,5)12-33-19)30-14-28-18-21(26-13-27-22(18)30)29-23(32)17-10-8-7-9-11-17/h7-11,13-16,19-20,24H,12H2,1-6H3,(H,26,27,29,32)/t19-,20?,24+,25-,36?/m0/s1/i5D. The first-order chi connectivity index (χ1) is 17.8. The molecule has 2 saturated heterocycles. The van der Waals surface area contributed by atoms with Gasteiger partial charge in [0, 0.05) is 19.0 Å². The first-order valence-corrected chi connectivity index (χ1v) is 13.7. The minimum Gasteiger partial charge on any atom is -0.368 e. The molecule has 10 nitrogen and oxygen atoms in total. The van der Waals surface area contributed by atoms with Crippen molar-refractivity contribution in [3.05, 3.63) is 48.5 Å². The lowest BCUT2D eigenvalue weighted by atomic mass is 10.0. The summed E-state index contributed by atoms with van der Waals surface area (Å²) in [5, 5.41) is 2.83. The molecular formula is C25H33N6O4P. The van der Waals surface area contributed by atoms with E-state index < -0.39 is 32.3 Å². The molecule has 2 aliphatic heterocycles. The van der Waals surface area contributed by atoms with Crippen LogP contribution in [-0.4, -0.2) is 73.3 Å². The van der Waals surface area contributed by atoms with Crippen molar-refractivity contribution < 1.29 is 20.2 Å². The molecule has 1 N–H and O–H groups in total. The number of nitrogens with one attached hydrogen (secondary N) is 1. The van der Waals surface area contributed by atoms with Gasteiger partial charge in [0.15, 0.2) is 23.2 Å². The maximum Gasteiger partial charge on any atom is 0.256 e. The maximum absolute atomic E-state index is 12.7. The van der Waals surface area contributed by atoms with E-state index in [1.165, 1.54) is 6.33 Å². The zero-order valence-corrected chi connectivity index (χ0v) is 22.1. The molecule has 36 heavy (non-hydrogen) atoms. The number of carbonyl (C=O) groups is 1. The van der Waals surface area contributed by atoms with E-state index in [0.717, 1.165) is 0 Å². The number of benzene rings is 1. The minimum atomic E-state index is -0.941. The van der Waals surface area contributed by atoms with Gasteiger partial charge in [-0.05, 0) is 53.4 Å². The topological polar surface area (TPSA) is 104 Å². The summed E-state index contributed by atoms with van der Waals surface area (Å²) in [6.45, 7) is 11.0. The Morgan fingerprint density at radius 2 is 2.00 bits per heavy atom. The lowest BCUT2D eigenvalue weighted by Gasteiger charge is -2.37. The number of rotatable bonds is 8. The van der Waals surface area contributed by atoms with Gasteiger partial charge < -0.3 is 19.3 Å². The predicted molar refractivity (Wildman–Crippen MR) is 138 cm³/mol. The maximum atomic E-state index is 12.7. The van der Waals surface area contributed by atoms with Gasteiger partial charge in [-0.2, -0.15) is 0 Å². The first kappa shape index (κ1) is 23.9. The molecule has 5 atom stereocenters. The number of ether oxygens (including phenoxy) is 2. The Labute approximate surface area is 213 Å². The monoisotopic (exact) mass is 513 g/mol. The number of hydrogen-bond donors (Lipinski definition) is 1. The van der Waals surface area contributed by atoms with Crippen LogP contribution >= 0.6 is 8.30 Å². The van der Waals surface area contributed by atoms with Gasteiger partial charge in [-0.15, -0.1) is 0 Å². The average molecular weight is 514 g/mol. The molecule has 2 bridgehead atoms. The molecule has 2 fully saturated rings. The molecule has 1 aromatic carbocycles. The SMILES string of the molecule is [2H]C[C@]12CO[C@@H](C1OP(C)N(C(C)C)C(C)C)[C@H](n1cnc3c(NC(=O)c4ccccc4)ncnc31)O2. The van der Waals surface area contributed by atoms with E-state index in [4.69, 9.17) is 15.4 Å². The second-order valence-electron chi connectivity index (χ2n) is 9.77. The highest BCUT2D eigenvalue weighted by atomic mass is 31.2. The molecule has 0 radical (unpaired) electrons. The Balaban J connectivity index is 1.42. The van der Waals surface area contributed by atoms with Crippen molar-refractivity contribution in [1.29, 1.82) is 0 Å². The zero-order chi connectivity index (χ0) is 26.3. The van der Waals surface area contributed by atoms with Gasteiger partial charge in [0.05, 0.1) is 12.9 Å². The van der Waals surface area contributed by atoms with E-state index in [9.17, 15) is 4.79 Å². The van der Waals surface area contributed by atoms with E-state index in [1.807, 2.05) is 6.07 Å². The highest BCUT2D eigenvalue weighted by Gasteiger charge is 2.61. The number of carbonyl (C=O) groups excluding carboxylic acids is 1. The van der Waals surface area contributed by atoms with Crippen molar-refractivity contribution in [3.63, 3.8) is 0 Å². The normalized spacial score (nSPS) is 26.8. The molecule has 0 saturated carbocycles. The third-order valence-corrected chi connectivity index (χ3v) is 8.63. The Morgan fingerprint density at radius 3 is 2.69 bits per heavy atom. The zero-order valence-electron chi connectivity index (χ0n) is 22.2. The van der Waals surface area contributed by atoms with Crippen molar-refractivity contribution in [1.82, 2.24) is 24.2 Å². The van der Waals surface area contributed by atoms with Gasteiger partial charge in [0.2, 0.25) is 0 Å². The molecule has 0 aliphatic carbocycles. The fraction of sp³-hybridized carbons (Fsp3) is 0.520. The predicted octanol–water partition coefficient (Wildman–Crippen LogP) is 4.21. The van der Waals surface area contributed by atoms with Crippen LogP contribution in [0.5, 0.6) is 0 Å². The summed E-state index contributed by atoms with van der Waals surface area (Å²) in [4.78, 5) is 25.9. The Bertz CT molecular complexity index is 1250. The summed E-state index contributed by atoms with van der Waals surface area (Å²) in [5.74, 6) is 0.0266. The van der Waals surface area contributed by atoms with Crippen molar-refractivity contribution >= 4 is 31.2 Å². The van der Waals surface area contributed by atoms with Crippen LogP contribution in [0.1, 0.15) is 52.6 Å². The van der Waals surface area contributed by atoms with E-state index in [1.54, 1.807) is 35.2 Å². The molecule has 2 unspecified atom stereocenters. The number of nitrogens with zero attached hydrogens (tertiary/aromatic N) is 5. The number of hydrogen-bond acceptors (Lipinski definition) is 8. The third-order valence-electron chi connectivity index (χ3n) is 6.52. The molecule has 3 aromatic rings. The summed E-state index contributed by atoms with van der Waals surface area (Å²) >= 11 is 0. The summed E-state index contributed by atoms with van der Waals surface area (Å²) in [6.07, 6.45) is 1.60. The second-order valence-corrected chi connectivity index (χ2v) is 11.4. The molecule has 192 valence electrons. The van der Waals surface area contributed by atoms with Crippen molar-refractivity contribution in [2.75, 3.05) is 18.6 Å². The minimum absolute atomic E-state index is 0.0111. The lowest BCUT2D eigenvalue weighted by molar-refractivity contribution is -0.164. The molecule has 1 amide bonds. The summed E-state index contributed by atoms with van der Waals surface area (Å²) in [6, 6.07) is 9.55. The van der Waals surface area contributed by atoms with E-state index in [2.05, 4.69) is 59.3 Å². The molecule has 2 aromatic heterocycles. The number of imidazole rings is 1. The van der Waals surface area contributed by atoms with Crippen LogP contribution in [0.4, 0.5) is 5.82 Å². The van der Waals surface area contributed by atoms with Crippen LogP contribution in [0.25, 0.3) is 11.2 Å². The number of fused-ring (bicyclic) bond motifs is 3. The van der Waals surface area contributed by atoms with Gasteiger partial charge in [0.25, 0.3) is 5.91 Å². The van der Waals surface area contributed by atoms with E-state index in [-0.39, 0.29) is 12.8 Å². The summed E-state index contributed by atoms with van der Waals surface area (Å²) in [7, 11) is -0.941. The van der Waals surface area contributed by atoms with Crippen LogP contribution in [0.15, 0.2) is 43.0 Å². The summed E-state index contributed by atoms with van der Waals surface area (Å²) < 4.78 is 31.7. The van der Waals surface area contributed by atoms with Crippen LogP contribution in [0, 0.1) is 0 Å². The third kappa shape index (κ3) is 4.41. The van der Waals surface area contributed by atoms with Crippen LogP contribution in [0.3, 0.4) is 0 Å². The Morgan fingerprint density at radius 1 is 1.25 bits per heavy atom. The van der Waals surface area contributed by atoms with Gasteiger partial charge in [-0.25, -0.2) is 15.0 Å². The fourth-order valence-electron chi connectivity index (χ4n) is 5.08. The van der Waals surface area contributed by atoms with Crippen molar-refractivity contribution in [2.45, 2.75) is 70.7 Å². The first-order valence-electron chi connectivity index (χ1n) is 12.8. The highest BCUT2D eigenvalue weighted by Crippen LogP contribution is 2.53. The van der Waals surface area contributed by atoms with E-state index in [0.29, 0.717) is 41.2 Å². The molecule has 0 spiro atoms. The largest absolute Gasteiger partial charge is 0.368 e. The molecule has 4 heterocycles.